The molecule has 120 valence electrons. The third-order valence-corrected chi connectivity index (χ3v) is 6.03. The summed E-state index contributed by atoms with van der Waals surface area (Å²) in [5, 5.41) is 0. The van der Waals surface area contributed by atoms with Crippen LogP contribution in [0, 0.1) is 23.7 Å². The van der Waals surface area contributed by atoms with Crippen molar-refractivity contribution in [1.82, 2.24) is 0 Å². The van der Waals surface area contributed by atoms with Gasteiger partial charge in [-0.15, -0.1) is 0 Å². The predicted octanol–water partition coefficient (Wildman–Crippen LogP) is 3.30. The second-order valence-corrected chi connectivity index (χ2v) is 7.35. The lowest BCUT2D eigenvalue weighted by Gasteiger charge is -2.29. The van der Waals surface area contributed by atoms with Crippen molar-refractivity contribution in [3.63, 3.8) is 0 Å². The molecule has 0 amide bonds. The zero-order chi connectivity index (χ0) is 14.1. The molecule has 2 saturated carbocycles. The number of hydrogen-bond donors (Lipinski definition) is 0. The third-order valence-electron chi connectivity index (χ3n) is 6.03. The first kappa shape index (κ1) is 14.4. The monoisotopic (exact) mass is 296 g/mol. The molecule has 0 bridgehead atoms. The summed E-state index contributed by atoms with van der Waals surface area (Å²) in [5.74, 6) is 2.48. The van der Waals surface area contributed by atoms with Crippen LogP contribution in [0.4, 0.5) is 0 Å². The van der Waals surface area contributed by atoms with Gasteiger partial charge in [0.1, 0.15) is 0 Å². The van der Waals surface area contributed by atoms with E-state index in [1.807, 2.05) is 0 Å². The van der Waals surface area contributed by atoms with Gasteiger partial charge in [0.05, 0.1) is 26.4 Å². The van der Waals surface area contributed by atoms with E-state index < -0.39 is 6.16 Å². The molecule has 2 aliphatic heterocycles. The molecule has 4 nitrogen and oxygen atoms in total. The molecule has 4 aliphatic rings. The highest BCUT2D eigenvalue weighted by atomic mass is 17.0. The molecular weight excluding hydrogens is 268 g/mol. The van der Waals surface area contributed by atoms with Crippen LogP contribution in [-0.2, 0) is 18.9 Å². The fraction of sp³-hybridized carbons (Fsp3) is 1.00. The Hall–Kier alpha value is -0.160. The topological polar surface area (TPSA) is 36.9 Å². The van der Waals surface area contributed by atoms with Crippen molar-refractivity contribution in [1.29, 1.82) is 0 Å². The van der Waals surface area contributed by atoms with E-state index >= 15 is 0 Å². The van der Waals surface area contributed by atoms with E-state index in [0.717, 1.165) is 26.4 Å². The Bertz CT molecular complexity index is 289. The molecule has 0 aromatic heterocycles. The van der Waals surface area contributed by atoms with Gasteiger partial charge in [-0.1, -0.05) is 25.7 Å². The summed E-state index contributed by atoms with van der Waals surface area (Å²) in [5.41, 5.74) is 0. The van der Waals surface area contributed by atoms with Gasteiger partial charge >= 0.3 is 6.16 Å². The lowest BCUT2D eigenvalue weighted by molar-refractivity contribution is -0.491. The van der Waals surface area contributed by atoms with Crippen LogP contribution in [0.25, 0.3) is 0 Å². The second kappa shape index (κ2) is 6.15. The lowest BCUT2D eigenvalue weighted by Crippen LogP contribution is -2.41. The lowest BCUT2D eigenvalue weighted by atomic mass is 9.80. The van der Waals surface area contributed by atoms with E-state index in [1.54, 1.807) is 0 Å². The highest BCUT2D eigenvalue weighted by molar-refractivity contribution is 4.80. The standard InChI is InChI=1S/C17H28O4/c1-2-6-14-10-19-17(18-9-13(14)5-1)20-11-15-7-3-4-8-16(15)12-21-17/h13-16H,1-12H2. The summed E-state index contributed by atoms with van der Waals surface area (Å²) >= 11 is 0. The first-order valence-corrected chi connectivity index (χ1v) is 8.90. The summed E-state index contributed by atoms with van der Waals surface area (Å²) in [6, 6.07) is 0. The molecule has 21 heavy (non-hydrogen) atoms. The largest absolute Gasteiger partial charge is 0.412 e. The average Bonchev–Trinajstić information content (AvgIpc) is 2.84. The van der Waals surface area contributed by atoms with Crippen molar-refractivity contribution >= 4 is 0 Å². The molecule has 2 heterocycles. The van der Waals surface area contributed by atoms with Gasteiger partial charge in [0.15, 0.2) is 0 Å². The van der Waals surface area contributed by atoms with Gasteiger partial charge in [-0.2, -0.15) is 0 Å². The smallest absolute Gasteiger partial charge is 0.303 e. The zero-order valence-corrected chi connectivity index (χ0v) is 12.9. The van der Waals surface area contributed by atoms with E-state index in [9.17, 15) is 0 Å². The van der Waals surface area contributed by atoms with Gasteiger partial charge < -0.3 is 18.9 Å². The van der Waals surface area contributed by atoms with Gasteiger partial charge in [0, 0.05) is 0 Å². The maximum absolute atomic E-state index is 6.02. The Labute approximate surface area is 127 Å². The summed E-state index contributed by atoms with van der Waals surface area (Å²) in [6.45, 7) is 2.89. The number of ether oxygens (including phenoxy) is 4. The van der Waals surface area contributed by atoms with E-state index in [4.69, 9.17) is 18.9 Å². The fourth-order valence-electron chi connectivity index (χ4n) is 4.53. The predicted molar refractivity (Wildman–Crippen MR) is 77.4 cm³/mol. The molecule has 0 aromatic rings. The van der Waals surface area contributed by atoms with Gasteiger partial charge in [-0.25, -0.2) is 0 Å². The second-order valence-electron chi connectivity index (χ2n) is 7.35. The first-order chi connectivity index (χ1) is 10.3. The highest BCUT2D eigenvalue weighted by Crippen LogP contribution is 2.40. The van der Waals surface area contributed by atoms with Crippen LogP contribution in [0.5, 0.6) is 0 Å². The normalized spacial score (nSPS) is 48.0. The van der Waals surface area contributed by atoms with Crippen LogP contribution in [0.3, 0.4) is 0 Å². The minimum atomic E-state index is -1.20. The molecule has 0 aromatic carbocycles. The van der Waals surface area contributed by atoms with Crippen molar-refractivity contribution in [3.05, 3.63) is 0 Å². The van der Waals surface area contributed by atoms with Crippen molar-refractivity contribution < 1.29 is 18.9 Å². The highest BCUT2D eigenvalue weighted by Gasteiger charge is 2.46. The van der Waals surface area contributed by atoms with Crippen molar-refractivity contribution in [2.24, 2.45) is 23.7 Å². The van der Waals surface area contributed by atoms with Crippen LogP contribution in [0.15, 0.2) is 0 Å². The Morgan fingerprint density at radius 3 is 1.05 bits per heavy atom. The van der Waals surface area contributed by atoms with Gasteiger partial charge in [0.2, 0.25) is 0 Å². The molecule has 4 atom stereocenters. The first-order valence-electron chi connectivity index (χ1n) is 8.90. The molecule has 4 fully saturated rings. The average molecular weight is 296 g/mol. The molecule has 4 heteroatoms. The van der Waals surface area contributed by atoms with Crippen LogP contribution in [0.1, 0.15) is 51.4 Å². The number of hydrogen-bond acceptors (Lipinski definition) is 4. The minimum absolute atomic E-state index is 0.621. The Morgan fingerprint density at radius 1 is 0.476 bits per heavy atom. The molecule has 1 spiro atoms. The maximum atomic E-state index is 6.02. The molecule has 0 radical (unpaired) electrons. The van der Waals surface area contributed by atoms with Crippen LogP contribution in [-0.4, -0.2) is 32.6 Å². The van der Waals surface area contributed by atoms with Gasteiger partial charge in [-0.05, 0) is 49.4 Å². The summed E-state index contributed by atoms with van der Waals surface area (Å²) in [6.07, 6.45) is 9.13. The molecule has 4 rings (SSSR count). The van der Waals surface area contributed by atoms with E-state index in [0.29, 0.717) is 23.7 Å². The molecule has 4 unspecified atom stereocenters. The summed E-state index contributed by atoms with van der Waals surface area (Å²) in [7, 11) is 0. The van der Waals surface area contributed by atoms with E-state index in [-0.39, 0.29) is 0 Å². The number of fused-ring (bicyclic) bond motifs is 2. The Balaban J connectivity index is 1.44. The summed E-state index contributed by atoms with van der Waals surface area (Å²) < 4.78 is 24.1. The van der Waals surface area contributed by atoms with Gasteiger partial charge in [0.25, 0.3) is 0 Å². The number of rotatable bonds is 0. The fourth-order valence-corrected chi connectivity index (χ4v) is 4.53. The molecule has 0 N–H and O–H groups in total. The van der Waals surface area contributed by atoms with Crippen LogP contribution < -0.4 is 0 Å². The van der Waals surface area contributed by atoms with Crippen molar-refractivity contribution in [3.8, 4) is 0 Å². The SMILES string of the molecule is C1CCC2COC3(OCC2C1)OCC1CCCCC1CO3. The molecular formula is C17H28O4. The maximum Gasteiger partial charge on any atom is 0.412 e. The van der Waals surface area contributed by atoms with Crippen molar-refractivity contribution in [2.75, 3.05) is 26.4 Å². The molecule has 2 aliphatic carbocycles. The van der Waals surface area contributed by atoms with Gasteiger partial charge in [-0.3, -0.25) is 0 Å². The van der Waals surface area contributed by atoms with E-state index in [2.05, 4.69) is 0 Å². The molecule has 2 saturated heterocycles. The Morgan fingerprint density at radius 2 is 0.762 bits per heavy atom. The summed E-state index contributed by atoms with van der Waals surface area (Å²) in [4.78, 5) is 0. The minimum Gasteiger partial charge on any atom is -0.303 e. The van der Waals surface area contributed by atoms with Crippen LogP contribution in [0.2, 0.25) is 0 Å². The van der Waals surface area contributed by atoms with E-state index in [1.165, 1.54) is 51.4 Å². The third kappa shape index (κ3) is 3.00. The quantitative estimate of drug-likeness (QED) is 0.687. The van der Waals surface area contributed by atoms with Crippen LogP contribution >= 0.6 is 0 Å². The zero-order valence-electron chi connectivity index (χ0n) is 12.9. The Kier molecular flexibility index (Phi) is 4.23. The van der Waals surface area contributed by atoms with Crippen molar-refractivity contribution in [2.45, 2.75) is 57.5 Å².